The molecule has 3 rings (SSSR count). The molecule has 1 aromatic heterocycles. The summed E-state index contributed by atoms with van der Waals surface area (Å²) in [5.41, 5.74) is 2.16. The number of aryl methyl sites for hydroxylation is 1. The topological polar surface area (TPSA) is 61.3 Å². The van der Waals surface area contributed by atoms with E-state index in [9.17, 15) is 4.79 Å². The fourth-order valence-electron chi connectivity index (χ4n) is 2.03. The standard InChI is InChI=1S/C14H12N2O3/c1-9-5-13-14(19-8-18-13)7-11(9)12(17)6-10-3-2-4-15-16-10/h2-5,7H,6,8H2,1H3. The number of nitrogens with zero attached hydrogens (tertiary/aromatic N) is 2. The van der Waals surface area contributed by atoms with E-state index in [1.807, 2.05) is 13.0 Å². The normalized spacial score (nSPS) is 12.5. The molecule has 1 aliphatic rings. The van der Waals surface area contributed by atoms with Gasteiger partial charge in [-0.3, -0.25) is 4.79 Å². The molecular formula is C14H12N2O3. The van der Waals surface area contributed by atoms with Crippen molar-refractivity contribution in [3.05, 3.63) is 47.3 Å². The third-order valence-corrected chi connectivity index (χ3v) is 2.99. The summed E-state index contributed by atoms with van der Waals surface area (Å²) in [5, 5.41) is 7.68. The lowest BCUT2D eigenvalue weighted by atomic mass is 10.0. The van der Waals surface area contributed by atoms with Gasteiger partial charge in [0, 0.05) is 11.8 Å². The van der Waals surface area contributed by atoms with Crippen molar-refractivity contribution in [1.82, 2.24) is 10.2 Å². The van der Waals surface area contributed by atoms with Crippen molar-refractivity contribution in [2.24, 2.45) is 0 Å². The summed E-state index contributed by atoms with van der Waals surface area (Å²) in [7, 11) is 0. The highest BCUT2D eigenvalue weighted by Gasteiger charge is 2.19. The molecule has 2 aromatic rings. The van der Waals surface area contributed by atoms with Crippen LogP contribution in [0, 0.1) is 6.92 Å². The fraction of sp³-hybridized carbons (Fsp3) is 0.214. The number of ketones is 1. The molecule has 0 fully saturated rings. The van der Waals surface area contributed by atoms with Gasteiger partial charge in [-0.2, -0.15) is 10.2 Å². The highest BCUT2D eigenvalue weighted by molar-refractivity contribution is 5.99. The van der Waals surface area contributed by atoms with Crippen molar-refractivity contribution in [1.29, 1.82) is 0 Å². The third kappa shape index (κ3) is 2.27. The predicted molar refractivity (Wildman–Crippen MR) is 67.4 cm³/mol. The molecule has 0 N–H and O–H groups in total. The van der Waals surface area contributed by atoms with Crippen LogP contribution in [-0.4, -0.2) is 22.8 Å². The van der Waals surface area contributed by atoms with Gasteiger partial charge in [0.1, 0.15) is 0 Å². The summed E-state index contributed by atoms with van der Waals surface area (Å²) in [5.74, 6) is 1.30. The maximum atomic E-state index is 12.3. The minimum Gasteiger partial charge on any atom is -0.454 e. The molecule has 19 heavy (non-hydrogen) atoms. The number of rotatable bonds is 3. The molecule has 0 bridgehead atoms. The number of benzene rings is 1. The van der Waals surface area contributed by atoms with Gasteiger partial charge < -0.3 is 9.47 Å². The molecule has 2 heterocycles. The van der Waals surface area contributed by atoms with Crippen molar-refractivity contribution in [2.45, 2.75) is 13.3 Å². The number of aromatic nitrogens is 2. The van der Waals surface area contributed by atoms with E-state index in [4.69, 9.17) is 9.47 Å². The Bertz CT molecular complexity index is 626. The fourth-order valence-corrected chi connectivity index (χ4v) is 2.03. The van der Waals surface area contributed by atoms with Crippen molar-refractivity contribution < 1.29 is 14.3 Å². The Kier molecular flexibility index (Phi) is 2.87. The lowest BCUT2D eigenvalue weighted by Crippen LogP contribution is -2.07. The van der Waals surface area contributed by atoms with E-state index >= 15 is 0 Å². The second kappa shape index (κ2) is 4.68. The molecular weight excluding hydrogens is 244 g/mol. The first-order valence-corrected chi connectivity index (χ1v) is 5.94. The molecule has 0 amide bonds. The van der Waals surface area contributed by atoms with Crippen LogP contribution in [-0.2, 0) is 6.42 Å². The molecule has 0 spiro atoms. The highest BCUT2D eigenvalue weighted by atomic mass is 16.7. The Hall–Kier alpha value is -2.43. The lowest BCUT2D eigenvalue weighted by molar-refractivity contribution is 0.0990. The number of hydrogen-bond acceptors (Lipinski definition) is 5. The zero-order chi connectivity index (χ0) is 13.2. The molecule has 0 radical (unpaired) electrons. The Morgan fingerprint density at radius 1 is 1.32 bits per heavy atom. The predicted octanol–water partition coefficient (Wildman–Crippen LogP) is 1.94. The zero-order valence-corrected chi connectivity index (χ0v) is 10.4. The SMILES string of the molecule is Cc1cc2c(cc1C(=O)Cc1cccnn1)OCO2. The zero-order valence-electron chi connectivity index (χ0n) is 10.4. The Labute approximate surface area is 110 Å². The number of carbonyl (C=O) groups excluding carboxylic acids is 1. The monoisotopic (exact) mass is 256 g/mol. The van der Waals surface area contributed by atoms with Crippen LogP contribution < -0.4 is 9.47 Å². The summed E-state index contributed by atoms with van der Waals surface area (Å²) < 4.78 is 10.6. The average Bonchev–Trinajstić information content (AvgIpc) is 2.86. The van der Waals surface area contributed by atoms with Gasteiger partial charge in [0.25, 0.3) is 0 Å². The van der Waals surface area contributed by atoms with Crippen LogP contribution in [0.3, 0.4) is 0 Å². The summed E-state index contributed by atoms with van der Waals surface area (Å²) in [6.07, 6.45) is 1.81. The number of Topliss-reactive ketones (excluding diaryl/α,β-unsaturated/α-hetero) is 1. The number of ether oxygens (including phenoxy) is 2. The minimum atomic E-state index is -0.00343. The van der Waals surface area contributed by atoms with E-state index in [1.165, 1.54) is 0 Å². The lowest BCUT2D eigenvalue weighted by Gasteiger charge is -2.06. The van der Waals surface area contributed by atoms with E-state index < -0.39 is 0 Å². The molecule has 5 heteroatoms. The quantitative estimate of drug-likeness (QED) is 0.785. The molecule has 0 saturated carbocycles. The molecule has 1 aromatic carbocycles. The van der Waals surface area contributed by atoms with Crippen LogP contribution in [0.5, 0.6) is 11.5 Å². The van der Waals surface area contributed by atoms with E-state index in [1.54, 1.807) is 24.4 Å². The molecule has 0 aliphatic carbocycles. The molecule has 1 aliphatic heterocycles. The van der Waals surface area contributed by atoms with Crippen molar-refractivity contribution >= 4 is 5.78 Å². The number of fused-ring (bicyclic) bond motifs is 1. The third-order valence-electron chi connectivity index (χ3n) is 2.99. The number of hydrogen-bond donors (Lipinski definition) is 0. The van der Waals surface area contributed by atoms with E-state index in [0.717, 1.165) is 5.56 Å². The van der Waals surface area contributed by atoms with Crippen LogP contribution in [0.15, 0.2) is 30.5 Å². The summed E-state index contributed by atoms with van der Waals surface area (Å²) in [6.45, 7) is 2.09. The minimum absolute atomic E-state index is 0.00343. The first-order valence-electron chi connectivity index (χ1n) is 5.94. The van der Waals surface area contributed by atoms with Gasteiger partial charge in [0.15, 0.2) is 17.3 Å². The largest absolute Gasteiger partial charge is 0.454 e. The average molecular weight is 256 g/mol. The van der Waals surface area contributed by atoms with Crippen molar-refractivity contribution in [2.75, 3.05) is 6.79 Å². The van der Waals surface area contributed by atoms with Crippen LogP contribution in [0.2, 0.25) is 0 Å². The summed E-state index contributed by atoms with van der Waals surface area (Å²) in [4.78, 5) is 12.3. The second-order valence-electron chi connectivity index (χ2n) is 4.34. The van der Waals surface area contributed by atoms with E-state index in [2.05, 4.69) is 10.2 Å². The summed E-state index contributed by atoms with van der Waals surface area (Å²) in [6, 6.07) is 7.11. The van der Waals surface area contributed by atoms with Gasteiger partial charge >= 0.3 is 0 Å². The molecule has 5 nitrogen and oxygen atoms in total. The van der Waals surface area contributed by atoms with Gasteiger partial charge in [0.05, 0.1) is 12.1 Å². The van der Waals surface area contributed by atoms with Crippen molar-refractivity contribution in [3.8, 4) is 11.5 Å². The Morgan fingerprint density at radius 3 is 2.84 bits per heavy atom. The summed E-state index contributed by atoms with van der Waals surface area (Å²) >= 11 is 0. The van der Waals surface area contributed by atoms with Crippen LogP contribution in [0.25, 0.3) is 0 Å². The van der Waals surface area contributed by atoms with Crippen LogP contribution >= 0.6 is 0 Å². The maximum absolute atomic E-state index is 12.3. The van der Waals surface area contributed by atoms with Crippen LogP contribution in [0.4, 0.5) is 0 Å². The van der Waals surface area contributed by atoms with Gasteiger partial charge in [-0.25, -0.2) is 0 Å². The van der Waals surface area contributed by atoms with Crippen molar-refractivity contribution in [3.63, 3.8) is 0 Å². The molecule has 0 atom stereocenters. The van der Waals surface area contributed by atoms with E-state index in [-0.39, 0.29) is 19.0 Å². The van der Waals surface area contributed by atoms with Gasteiger partial charge in [-0.1, -0.05) is 0 Å². The Morgan fingerprint density at radius 2 is 2.11 bits per heavy atom. The van der Waals surface area contributed by atoms with E-state index in [0.29, 0.717) is 22.8 Å². The first-order chi connectivity index (χ1) is 9.24. The number of carbonyl (C=O) groups is 1. The van der Waals surface area contributed by atoms with Gasteiger partial charge in [-0.05, 0) is 36.8 Å². The molecule has 0 unspecified atom stereocenters. The smallest absolute Gasteiger partial charge is 0.231 e. The highest BCUT2D eigenvalue weighted by Crippen LogP contribution is 2.34. The first kappa shape index (κ1) is 11.6. The second-order valence-corrected chi connectivity index (χ2v) is 4.34. The molecule has 0 saturated heterocycles. The van der Waals surface area contributed by atoms with Crippen LogP contribution in [0.1, 0.15) is 21.6 Å². The van der Waals surface area contributed by atoms with Gasteiger partial charge in [-0.15, -0.1) is 0 Å². The van der Waals surface area contributed by atoms with Gasteiger partial charge in [0.2, 0.25) is 6.79 Å². The Balaban J connectivity index is 1.88. The molecule has 96 valence electrons. The maximum Gasteiger partial charge on any atom is 0.231 e.